The molecule has 0 aromatic heterocycles. The van der Waals surface area contributed by atoms with Gasteiger partial charge in [0.2, 0.25) is 5.82 Å². The summed E-state index contributed by atoms with van der Waals surface area (Å²) < 4.78 is 86.7. The molecule has 0 spiro atoms. The van der Waals surface area contributed by atoms with Gasteiger partial charge in [-0.05, 0) is 67.7 Å². The molecule has 2 unspecified atom stereocenters. The fourth-order valence-electron chi connectivity index (χ4n) is 4.99. The molecule has 0 saturated carbocycles. The molecule has 3 aromatic rings. The molecule has 1 aliphatic carbocycles. The Balaban J connectivity index is 1.45. The highest BCUT2D eigenvalue weighted by molar-refractivity contribution is 5.72. The smallest absolute Gasteiger partial charge is 0.200 e. The number of allylic oxidation sites excluding steroid dienone is 2. The van der Waals surface area contributed by atoms with Gasteiger partial charge in [0.05, 0.1) is 6.10 Å². The Bertz CT molecular complexity index is 1370. The van der Waals surface area contributed by atoms with Crippen LogP contribution in [0.4, 0.5) is 26.3 Å². The average Bonchev–Trinajstić information content (AvgIpc) is 2.91. The number of hydrogen-bond acceptors (Lipinski definition) is 2. The minimum atomic E-state index is -1.54. The van der Waals surface area contributed by atoms with Crippen molar-refractivity contribution in [2.75, 3.05) is 0 Å². The molecule has 0 aliphatic heterocycles. The lowest BCUT2D eigenvalue weighted by atomic mass is 9.83. The largest absolute Gasteiger partial charge is 0.505 e. The van der Waals surface area contributed by atoms with Crippen molar-refractivity contribution in [1.29, 1.82) is 0 Å². The Morgan fingerprint density at radius 1 is 0.789 bits per heavy atom. The summed E-state index contributed by atoms with van der Waals surface area (Å²) in [5.41, 5.74) is -0.174. The van der Waals surface area contributed by atoms with Crippen LogP contribution in [-0.4, -0.2) is 10.2 Å². The van der Waals surface area contributed by atoms with Crippen LogP contribution in [0.15, 0.2) is 42.5 Å². The third-order valence-electron chi connectivity index (χ3n) is 7.24. The maximum absolute atomic E-state index is 15.0. The topological polar surface area (TPSA) is 40.5 Å². The molecule has 38 heavy (non-hydrogen) atoms. The van der Waals surface area contributed by atoms with Gasteiger partial charge < -0.3 is 10.2 Å². The van der Waals surface area contributed by atoms with Crippen molar-refractivity contribution < 1.29 is 36.6 Å². The molecule has 0 saturated heterocycles. The van der Waals surface area contributed by atoms with E-state index in [1.165, 1.54) is 24.3 Å². The first kappa shape index (κ1) is 27.8. The zero-order valence-corrected chi connectivity index (χ0v) is 20.8. The zero-order valence-electron chi connectivity index (χ0n) is 20.8. The predicted molar refractivity (Wildman–Crippen MR) is 133 cm³/mol. The van der Waals surface area contributed by atoms with E-state index in [1.54, 1.807) is 6.08 Å². The monoisotopic (exact) mass is 534 g/mol. The quantitative estimate of drug-likeness (QED) is 0.284. The van der Waals surface area contributed by atoms with Crippen molar-refractivity contribution in [3.05, 3.63) is 94.1 Å². The number of rotatable bonds is 8. The Labute approximate surface area is 217 Å². The number of hydrogen-bond donors (Lipinski definition) is 2. The minimum absolute atomic E-state index is 0.0266. The predicted octanol–water partition coefficient (Wildman–Crippen LogP) is 8.54. The van der Waals surface area contributed by atoms with E-state index in [0.717, 1.165) is 12.1 Å². The second-order valence-corrected chi connectivity index (χ2v) is 9.70. The molecule has 2 atom stereocenters. The van der Waals surface area contributed by atoms with Crippen LogP contribution in [0, 0.1) is 40.8 Å². The van der Waals surface area contributed by atoms with E-state index >= 15 is 0 Å². The van der Waals surface area contributed by atoms with Gasteiger partial charge in [-0.1, -0.05) is 43.7 Å². The van der Waals surface area contributed by atoms with E-state index in [-0.39, 0.29) is 22.6 Å². The van der Waals surface area contributed by atoms with Gasteiger partial charge in [0.15, 0.2) is 34.8 Å². The summed E-state index contributed by atoms with van der Waals surface area (Å²) in [6.45, 7) is 1.84. The Morgan fingerprint density at radius 2 is 1.42 bits per heavy atom. The number of aryl methyl sites for hydroxylation is 1. The van der Waals surface area contributed by atoms with Crippen LogP contribution in [0.25, 0.3) is 16.7 Å². The first-order valence-corrected chi connectivity index (χ1v) is 12.6. The number of aliphatic hydroxyl groups is 1. The Morgan fingerprint density at radius 3 is 2.08 bits per heavy atom. The summed E-state index contributed by atoms with van der Waals surface area (Å²) in [6.07, 6.45) is 4.18. The number of phenolic OH excluding ortho intramolecular Hbond substituents is 1. The summed E-state index contributed by atoms with van der Waals surface area (Å²) in [6, 6.07) is 7.26. The van der Waals surface area contributed by atoms with Gasteiger partial charge in [0, 0.05) is 22.3 Å². The zero-order chi connectivity index (χ0) is 27.6. The number of halogens is 6. The van der Waals surface area contributed by atoms with Gasteiger partial charge in [-0.25, -0.2) is 22.0 Å². The molecule has 8 heteroatoms. The molecule has 0 fully saturated rings. The van der Waals surface area contributed by atoms with Gasteiger partial charge in [-0.2, -0.15) is 4.39 Å². The number of benzene rings is 3. The third-order valence-corrected chi connectivity index (χ3v) is 7.24. The lowest BCUT2D eigenvalue weighted by Gasteiger charge is -2.23. The standard InChI is InChI=1S/C30H28F6O2/c1-2-3-23(37)22-11-10-18(25(31)29(22)35)9-6-16-4-7-17(8-5-16)19-12-13-20(27(33)26(19)32)21-14-15-24(38)30(36)28(21)34/h7,10-16,23,37-38H,2-6,8-9H2,1H3. The van der Waals surface area contributed by atoms with Gasteiger partial charge in [0.25, 0.3) is 0 Å². The molecule has 0 amide bonds. The molecule has 0 bridgehead atoms. The molecule has 2 N–H and O–H groups in total. The third kappa shape index (κ3) is 5.46. The van der Waals surface area contributed by atoms with Crippen LogP contribution >= 0.6 is 0 Å². The SMILES string of the molecule is CCCC(O)c1ccc(CCC2CC=C(c3ccc(-c4ccc(O)c(F)c4F)c(F)c3F)CC2)c(F)c1F. The summed E-state index contributed by atoms with van der Waals surface area (Å²) in [5.74, 6) is -8.28. The van der Waals surface area contributed by atoms with Crippen molar-refractivity contribution in [2.24, 2.45) is 5.92 Å². The number of phenols is 1. The fraction of sp³-hybridized carbons (Fsp3) is 0.333. The van der Waals surface area contributed by atoms with E-state index in [9.17, 15) is 36.6 Å². The summed E-state index contributed by atoms with van der Waals surface area (Å²) in [7, 11) is 0. The van der Waals surface area contributed by atoms with Gasteiger partial charge in [-0.15, -0.1) is 0 Å². The van der Waals surface area contributed by atoms with E-state index in [1.807, 2.05) is 6.92 Å². The molecule has 1 aliphatic rings. The van der Waals surface area contributed by atoms with Crippen LogP contribution in [-0.2, 0) is 6.42 Å². The lowest BCUT2D eigenvalue weighted by Crippen LogP contribution is -2.10. The Hall–Kier alpha value is -3.26. The van der Waals surface area contributed by atoms with Gasteiger partial charge in [0.1, 0.15) is 0 Å². The number of aliphatic hydroxyl groups excluding tert-OH is 1. The van der Waals surface area contributed by atoms with E-state index in [0.29, 0.717) is 50.5 Å². The normalized spacial score (nSPS) is 16.4. The van der Waals surface area contributed by atoms with Crippen molar-refractivity contribution in [2.45, 2.75) is 58.0 Å². The second kappa shape index (κ2) is 11.6. The van der Waals surface area contributed by atoms with Gasteiger partial charge in [-0.3, -0.25) is 0 Å². The van der Waals surface area contributed by atoms with Crippen molar-refractivity contribution in [3.63, 3.8) is 0 Å². The molecule has 0 radical (unpaired) electrons. The summed E-state index contributed by atoms with van der Waals surface area (Å²) >= 11 is 0. The summed E-state index contributed by atoms with van der Waals surface area (Å²) in [4.78, 5) is 0. The maximum Gasteiger partial charge on any atom is 0.200 e. The molecular formula is C30H28F6O2. The van der Waals surface area contributed by atoms with E-state index < -0.39 is 57.9 Å². The first-order chi connectivity index (χ1) is 18.1. The molecular weight excluding hydrogens is 506 g/mol. The molecule has 0 heterocycles. The highest BCUT2D eigenvalue weighted by Gasteiger charge is 2.24. The van der Waals surface area contributed by atoms with Crippen LogP contribution < -0.4 is 0 Å². The molecule has 202 valence electrons. The van der Waals surface area contributed by atoms with E-state index in [2.05, 4.69) is 0 Å². The Kier molecular flexibility index (Phi) is 8.51. The molecule has 2 nitrogen and oxygen atoms in total. The fourth-order valence-corrected chi connectivity index (χ4v) is 4.99. The highest BCUT2D eigenvalue weighted by Crippen LogP contribution is 2.38. The van der Waals surface area contributed by atoms with Crippen molar-refractivity contribution in [1.82, 2.24) is 0 Å². The van der Waals surface area contributed by atoms with Crippen molar-refractivity contribution in [3.8, 4) is 16.9 Å². The summed E-state index contributed by atoms with van der Waals surface area (Å²) in [5, 5.41) is 19.3. The maximum atomic E-state index is 15.0. The molecule has 4 rings (SSSR count). The lowest BCUT2D eigenvalue weighted by molar-refractivity contribution is 0.160. The van der Waals surface area contributed by atoms with E-state index in [4.69, 9.17) is 0 Å². The van der Waals surface area contributed by atoms with Crippen LogP contribution in [0.5, 0.6) is 5.75 Å². The van der Waals surface area contributed by atoms with Crippen LogP contribution in [0.2, 0.25) is 0 Å². The highest BCUT2D eigenvalue weighted by atomic mass is 19.2. The number of aromatic hydroxyl groups is 1. The minimum Gasteiger partial charge on any atom is -0.505 e. The van der Waals surface area contributed by atoms with Crippen molar-refractivity contribution >= 4 is 5.57 Å². The average molecular weight is 535 g/mol. The van der Waals surface area contributed by atoms with Crippen LogP contribution in [0.1, 0.15) is 68.2 Å². The molecule has 3 aromatic carbocycles. The van der Waals surface area contributed by atoms with Crippen LogP contribution in [0.3, 0.4) is 0 Å². The van der Waals surface area contributed by atoms with Gasteiger partial charge >= 0.3 is 0 Å². The first-order valence-electron chi connectivity index (χ1n) is 12.6. The second-order valence-electron chi connectivity index (χ2n) is 9.70.